The summed E-state index contributed by atoms with van der Waals surface area (Å²) in [7, 11) is 0. The van der Waals surface area contributed by atoms with Crippen LogP contribution in [0.25, 0.3) is 0 Å². The molecule has 0 aliphatic carbocycles. The molecule has 0 radical (unpaired) electrons. The average molecular weight is 303 g/mol. The number of benzene rings is 1. The van der Waals surface area contributed by atoms with Crippen LogP contribution in [0.3, 0.4) is 0 Å². The highest BCUT2D eigenvalue weighted by Crippen LogP contribution is 2.16. The summed E-state index contributed by atoms with van der Waals surface area (Å²) in [6.45, 7) is 1.99. The number of anilines is 1. The van der Waals surface area contributed by atoms with Gasteiger partial charge in [-0.25, -0.2) is 0 Å². The molecule has 0 unspecified atom stereocenters. The molecule has 21 heavy (non-hydrogen) atoms. The normalized spacial score (nSPS) is 10.3. The standard InChI is InChI=1S/C15H17N3O2S/c1-2-14-17-18-15(21-14)16-13(20)10-6-9-12(19)11-7-4-3-5-8-11/h3-5,7-8H,2,6,9-10H2,1H3,(H,16,18,20). The fourth-order valence-corrected chi connectivity index (χ4v) is 2.50. The smallest absolute Gasteiger partial charge is 0.226 e. The van der Waals surface area contributed by atoms with E-state index in [-0.39, 0.29) is 11.7 Å². The molecule has 1 aromatic carbocycles. The summed E-state index contributed by atoms with van der Waals surface area (Å²) in [6.07, 6.45) is 2.01. The van der Waals surface area contributed by atoms with Crippen LogP contribution in [-0.4, -0.2) is 21.9 Å². The molecule has 0 saturated heterocycles. The molecule has 0 saturated carbocycles. The third kappa shape index (κ3) is 4.75. The molecule has 0 spiro atoms. The van der Waals surface area contributed by atoms with Crippen LogP contribution < -0.4 is 5.32 Å². The fraction of sp³-hybridized carbons (Fsp3) is 0.333. The molecule has 0 aliphatic heterocycles. The molecule has 1 heterocycles. The van der Waals surface area contributed by atoms with Gasteiger partial charge >= 0.3 is 0 Å². The lowest BCUT2D eigenvalue weighted by molar-refractivity contribution is -0.116. The Hall–Kier alpha value is -2.08. The van der Waals surface area contributed by atoms with E-state index in [0.717, 1.165) is 11.4 Å². The molecule has 1 N–H and O–H groups in total. The quantitative estimate of drug-likeness (QED) is 0.798. The van der Waals surface area contributed by atoms with Crippen LogP contribution in [0.5, 0.6) is 0 Å². The minimum absolute atomic E-state index is 0.0626. The first-order chi connectivity index (χ1) is 10.2. The fourth-order valence-electron chi connectivity index (χ4n) is 1.81. The Morgan fingerprint density at radius 1 is 1.14 bits per heavy atom. The van der Waals surface area contributed by atoms with Crippen LogP contribution in [0.1, 0.15) is 41.6 Å². The first-order valence-corrected chi connectivity index (χ1v) is 7.71. The van der Waals surface area contributed by atoms with Gasteiger partial charge in [-0.1, -0.05) is 48.6 Å². The van der Waals surface area contributed by atoms with Crippen LogP contribution in [0.15, 0.2) is 30.3 Å². The summed E-state index contributed by atoms with van der Waals surface area (Å²) in [4.78, 5) is 23.6. The van der Waals surface area contributed by atoms with Gasteiger partial charge in [0.05, 0.1) is 0 Å². The summed E-state index contributed by atoms with van der Waals surface area (Å²) in [5.41, 5.74) is 0.689. The van der Waals surface area contributed by atoms with Crippen molar-refractivity contribution in [2.24, 2.45) is 0 Å². The van der Waals surface area contributed by atoms with Gasteiger partial charge < -0.3 is 5.32 Å². The minimum atomic E-state index is -0.130. The van der Waals surface area contributed by atoms with E-state index in [1.54, 1.807) is 12.1 Å². The van der Waals surface area contributed by atoms with Crippen molar-refractivity contribution in [1.82, 2.24) is 10.2 Å². The Morgan fingerprint density at radius 3 is 2.57 bits per heavy atom. The molecular formula is C15H17N3O2S. The predicted octanol–water partition coefficient (Wildman–Crippen LogP) is 3.09. The number of hydrogen-bond acceptors (Lipinski definition) is 5. The van der Waals surface area contributed by atoms with Crippen molar-refractivity contribution in [2.45, 2.75) is 32.6 Å². The van der Waals surface area contributed by atoms with Crippen molar-refractivity contribution in [3.05, 3.63) is 40.9 Å². The second-order valence-electron chi connectivity index (χ2n) is 4.55. The predicted molar refractivity (Wildman–Crippen MR) is 82.5 cm³/mol. The van der Waals surface area contributed by atoms with E-state index in [1.165, 1.54) is 11.3 Å². The molecule has 1 amide bonds. The van der Waals surface area contributed by atoms with Gasteiger partial charge in [0.2, 0.25) is 11.0 Å². The zero-order chi connectivity index (χ0) is 15.1. The summed E-state index contributed by atoms with van der Waals surface area (Å²) in [5.74, 6) is -0.0674. The van der Waals surface area contributed by atoms with Crippen molar-refractivity contribution >= 4 is 28.2 Å². The highest BCUT2D eigenvalue weighted by Gasteiger charge is 2.09. The zero-order valence-electron chi connectivity index (χ0n) is 11.8. The van der Waals surface area contributed by atoms with E-state index >= 15 is 0 Å². The zero-order valence-corrected chi connectivity index (χ0v) is 12.7. The Bertz CT molecular complexity index is 610. The first-order valence-electron chi connectivity index (χ1n) is 6.89. The van der Waals surface area contributed by atoms with Crippen LogP contribution in [0.4, 0.5) is 5.13 Å². The number of carbonyl (C=O) groups is 2. The molecule has 110 valence electrons. The monoisotopic (exact) mass is 303 g/mol. The number of nitrogens with zero attached hydrogens (tertiary/aromatic N) is 2. The summed E-state index contributed by atoms with van der Waals surface area (Å²) < 4.78 is 0. The van der Waals surface area contributed by atoms with Gasteiger partial charge in [-0.05, 0) is 12.8 Å². The van der Waals surface area contributed by atoms with E-state index in [9.17, 15) is 9.59 Å². The molecule has 6 heteroatoms. The maximum atomic E-state index is 11.9. The number of carbonyl (C=O) groups excluding carboxylic acids is 2. The van der Waals surface area contributed by atoms with Gasteiger partial charge in [0.1, 0.15) is 5.01 Å². The molecule has 0 atom stereocenters. The van der Waals surface area contributed by atoms with Gasteiger partial charge in [0.15, 0.2) is 5.78 Å². The van der Waals surface area contributed by atoms with Crippen LogP contribution in [0, 0.1) is 0 Å². The number of aryl methyl sites for hydroxylation is 1. The average Bonchev–Trinajstić information content (AvgIpc) is 2.95. The highest BCUT2D eigenvalue weighted by atomic mass is 32.1. The number of aromatic nitrogens is 2. The molecule has 1 aromatic heterocycles. The molecule has 5 nitrogen and oxygen atoms in total. The van der Waals surface area contributed by atoms with Crippen molar-refractivity contribution in [2.75, 3.05) is 5.32 Å². The lowest BCUT2D eigenvalue weighted by atomic mass is 10.1. The SMILES string of the molecule is CCc1nnc(NC(=O)CCCC(=O)c2ccccc2)s1. The van der Waals surface area contributed by atoms with E-state index in [0.29, 0.717) is 30.0 Å². The number of rotatable bonds is 7. The number of Topliss-reactive ketones (excluding diaryl/α,β-unsaturated/α-hetero) is 1. The van der Waals surface area contributed by atoms with Crippen LogP contribution in [0.2, 0.25) is 0 Å². The second-order valence-corrected chi connectivity index (χ2v) is 5.61. The molecule has 0 fully saturated rings. The summed E-state index contributed by atoms with van der Waals surface area (Å²) in [6, 6.07) is 9.12. The molecule has 0 bridgehead atoms. The Balaban J connectivity index is 1.73. The van der Waals surface area contributed by atoms with Crippen LogP contribution in [-0.2, 0) is 11.2 Å². The second kappa shape index (κ2) is 7.64. The van der Waals surface area contributed by atoms with E-state index in [2.05, 4.69) is 15.5 Å². The lowest BCUT2D eigenvalue weighted by Crippen LogP contribution is -2.11. The van der Waals surface area contributed by atoms with Gasteiger partial charge in [-0.15, -0.1) is 10.2 Å². The van der Waals surface area contributed by atoms with Gasteiger partial charge in [0, 0.05) is 18.4 Å². The molecule has 0 aliphatic rings. The third-order valence-electron chi connectivity index (χ3n) is 2.92. The maximum Gasteiger partial charge on any atom is 0.226 e. The summed E-state index contributed by atoms with van der Waals surface area (Å²) in [5, 5.41) is 11.9. The van der Waals surface area contributed by atoms with E-state index in [4.69, 9.17) is 0 Å². The van der Waals surface area contributed by atoms with Gasteiger partial charge in [-0.2, -0.15) is 0 Å². The van der Waals surface area contributed by atoms with E-state index in [1.807, 2.05) is 25.1 Å². The van der Waals surface area contributed by atoms with Crippen molar-refractivity contribution in [1.29, 1.82) is 0 Å². The van der Waals surface area contributed by atoms with E-state index < -0.39 is 0 Å². The Labute approximate surface area is 127 Å². The Morgan fingerprint density at radius 2 is 1.90 bits per heavy atom. The number of amides is 1. The van der Waals surface area contributed by atoms with Gasteiger partial charge in [-0.3, -0.25) is 9.59 Å². The Kier molecular flexibility index (Phi) is 5.57. The molecule has 2 rings (SSSR count). The maximum absolute atomic E-state index is 11.9. The lowest BCUT2D eigenvalue weighted by Gasteiger charge is -2.02. The number of hydrogen-bond donors (Lipinski definition) is 1. The van der Waals surface area contributed by atoms with Crippen LogP contribution >= 0.6 is 11.3 Å². The largest absolute Gasteiger partial charge is 0.301 e. The van der Waals surface area contributed by atoms with Crippen molar-refractivity contribution in [3.63, 3.8) is 0 Å². The molecular weight excluding hydrogens is 286 g/mol. The third-order valence-corrected chi connectivity index (χ3v) is 3.90. The minimum Gasteiger partial charge on any atom is -0.301 e. The topological polar surface area (TPSA) is 72.0 Å². The summed E-state index contributed by atoms with van der Waals surface area (Å²) >= 11 is 1.38. The van der Waals surface area contributed by atoms with Crippen molar-refractivity contribution in [3.8, 4) is 0 Å². The highest BCUT2D eigenvalue weighted by molar-refractivity contribution is 7.15. The number of ketones is 1. The van der Waals surface area contributed by atoms with Crippen molar-refractivity contribution < 1.29 is 9.59 Å². The first kappa shape index (κ1) is 15.3. The number of nitrogens with one attached hydrogen (secondary N) is 1. The molecule has 2 aromatic rings. The van der Waals surface area contributed by atoms with Gasteiger partial charge in [0.25, 0.3) is 0 Å².